The van der Waals surface area contributed by atoms with Gasteiger partial charge in [-0.1, -0.05) is 17.7 Å². The first kappa shape index (κ1) is 17.8. The maximum atomic E-state index is 11.7. The van der Waals surface area contributed by atoms with Crippen LogP contribution >= 0.6 is 11.6 Å². The fourth-order valence-corrected chi connectivity index (χ4v) is 2.22. The van der Waals surface area contributed by atoms with Gasteiger partial charge in [-0.2, -0.15) is 5.10 Å². The zero-order valence-electron chi connectivity index (χ0n) is 13.8. The van der Waals surface area contributed by atoms with Crippen LogP contribution in [0.25, 0.3) is 0 Å². The molecule has 0 aliphatic carbocycles. The molecule has 0 heterocycles. The van der Waals surface area contributed by atoms with Gasteiger partial charge < -0.3 is 9.84 Å². The number of aryl methyl sites for hydroxylation is 3. The largest absolute Gasteiger partial charge is 0.507 e. The second kappa shape index (κ2) is 7.84. The molecule has 0 atom stereocenters. The van der Waals surface area contributed by atoms with E-state index in [2.05, 4.69) is 10.5 Å². The first-order valence-electron chi connectivity index (χ1n) is 7.38. The van der Waals surface area contributed by atoms with Crippen molar-refractivity contribution in [2.45, 2.75) is 20.8 Å². The van der Waals surface area contributed by atoms with Crippen LogP contribution in [-0.2, 0) is 4.79 Å². The second-order valence-electron chi connectivity index (χ2n) is 5.52. The maximum absolute atomic E-state index is 11.7. The Morgan fingerprint density at radius 3 is 2.54 bits per heavy atom. The minimum Gasteiger partial charge on any atom is -0.507 e. The first-order chi connectivity index (χ1) is 11.4. The van der Waals surface area contributed by atoms with E-state index in [4.69, 9.17) is 16.3 Å². The SMILES string of the molecule is Cc1ccc(C=NNC(=O)COc2cc(C)c(Cl)c(C)c2)c(O)c1. The van der Waals surface area contributed by atoms with Crippen LogP contribution in [0.5, 0.6) is 11.5 Å². The van der Waals surface area contributed by atoms with E-state index >= 15 is 0 Å². The van der Waals surface area contributed by atoms with Gasteiger partial charge in [0.2, 0.25) is 0 Å². The number of phenolic OH excluding ortho intramolecular Hbond substituents is 1. The van der Waals surface area contributed by atoms with Gasteiger partial charge in [0.1, 0.15) is 11.5 Å². The van der Waals surface area contributed by atoms with Gasteiger partial charge in [-0.05, 0) is 61.7 Å². The molecule has 5 nitrogen and oxygen atoms in total. The number of halogens is 1. The van der Waals surface area contributed by atoms with Crippen molar-refractivity contribution in [1.29, 1.82) is 0 Å². The Hall–Kier alpha value is -2.53. The van der Waals surface area contributed by atoms with Gasteiger partial charge in [0, 0.05) is 10.6 Å². The average Bonchev–Trinajstić information content (AvgIpc) is 2.52. The molecule has 2 N–H and O–H groups in total. The highest BCUT2D eigenvalue weighted by molar-refractivity contribution is 6.32. The number of benzene rings is 2. The lowest BCUT2D eigenvalue weighted by molar-refractivity contribution is -0.123. The number of hydrogen-bond acceptors (Lipinski definition) is 4. The molecule has 0 aliphatic heterocycles. The highest BCUT2D eigenvalue weighted by atomic mass is 35.5. The van der Waals surface area contributed by atoms with Crippen molar-refractivity contribution in [3.63, 3.8) is 0 Å². The van der Waals surface area contributed by atoms with Crippen LogP contribution in [0.1, 0.15) is 22.3 Å². The van der Waals surface area contributed by atoms with Crippen molar-refractivity contribution in [2.75, 3.05) is 6.61 Å². The van der Waals surface area contributed by atoms with Crippen LogP contribution in [0.15, 0.2) is 35.4 Å². The molecule has 0 aromatic heterocycles. The van der Waals surface area contributed by atoms with Crippen LogP contribution < -0.4 is 10.2 Å². The molecule has 1 amide bonds. The molecule has 0 spiro atoms. The van der Waals surface area contributed by atoms with Gasteiger partial charge in [0.15, 0.2) is 6.61 Å². The van der Waals surface area contributed by atoms with Gasteiger partial charge in [-0.25, -0.2) is 5.43 Å². The van der Waals surface area contributed by atoms with E-state index < -0.39 is 5.91 Å². The zero-order valence-corrected chi connectivity index (χ0v) is 14.5. The number of nitrogens with one attached hydrogen (secondary N) is 1. The minimum absolute atomic E-state index is 0.108. The number of nitrogens with zero attached hydrogens (tertiary/aromatic N) is 1. The van der Waals surface area contributed by atoms with E-state index in [0.717, 1.165) is 16.7 Å². The quantitative estimate of drug-likeness (QED) is 0.643. The molecular weight excluding hydrogens is 328 g/mol. The molecule has 0 radical (unpaired) electrons. The Morgan fingerprint density at radius 2 is 1.92 bits per heavy atom. The van der Waals surface area contributed by atoms with Crippen LogP contribution in [0.2, 0.25) is 5.02 Å². The summed E-state index contributed by atoms with van der Waals surface area (Å²) in [6.07, 6.45) is 1.38. The van der Waals surface area contributed by atoms with Crippen molar-refractivity contribution < 1.29 is 14.6 Å². The number of aromatic hydroxyl groups is 1. The molecule has 126 valence electrons. The summed E-state index contributed by atoms with van der Waals surface area (Å²) in [4.78, 5) is 11.7. The first-order valence-corrected chi connectivity index (χ1v) is 7.75. The Balaban J connectivity index is 1.88. The lowest BCUT2D eigenvalue weighted by Gasteiger charge is -2.09. The number of amides is 1. The van der Waals surface area contributed by atoms with E-state index in [0.29, 0.717) is 16.3 Å². The predicted molar refractivity (Wildman–Crippen MR) is 95.0 cm³/mol. The molecule has 0 saturated carbocycles. The molecule has 6 heteroatoms. The molecule has 24 heavy (non-hydrogen) atoms. The summed E-state index contributed by atoms with van der Waals surface area (Å²) in [6, 6.07) is 8.73. The number of carbonyl (C=O) groups is 1. The summed E-state index contributed by atoms with van der Waals surface area (Å²) in [5, 5.41) is 14.2. The molecule has 0 aliphatic rings. The highest BCUT2D eigenvalue weighted by Gasteiger charge is 2.06. The fraction of sp³-hybridized carbons (Fsp3) is 0.222. The van der Waals surface area contributed by atoms with Crippen molar-refractivity contribution >= 4 is 23.7 Å². The van der Waals surface area contributed by atoms with Gasteiger partial charge >= 0.3 is 0 Å². The fourth-order valence-electron chi connectivity index (χ4n) is 2.11. The van der Waals surface area contributed by atoms with Gasteiger partial charge in [0.05, 0.1) is 6.21 Å². The number of hydrogen-bond donors (Lipinski definition) is 2. The van der Waals surface area contributed by atoms with Crippen molar-refractivity contribution in [1.82, 2.24) is 5.43 Å². The smallest absolute Gasteiger partial charge is 0.277 e. The van der Waals surface area contributed by atoms with E-state index in [1.807, 2.05) is 26.8 Å². The molecule has 0 unspecified atom stereocenters. The third-order valence-corrected chi connectivity index (χ3v) is 3.95. The van der Waals surface area contributed by atoms with Crippen molar-refractivity contribution in [3.05, 3.63) is 57.6 Å². The standard InChI is InChI=1S/C18H19ClN2O3/c1-11-4-5-14(16(22)6-11)9-20-21-17(23)10-24-15-7-12(2)18(19)13(3)8-15/h4-9,22H,10H2,1-3H3,(H,21,23). The van der Waals surface area contributed by atoms with Gasteiger partial charge in [-0.3, -0.25) is 4.79 Å². The second-order valence-corrected chi connectivity index (χ2v) is 5.89. The molecule has 0 bridgehead atoms. The molecular formula is C18H19ClN2O3. The summed E-state index contributed by atoms with van der Waals surface area (Å²) >= 11 is 6.09. The summed E-state index contributed by atoms with van der Waals surface area (Å²) in [6.45, 7) is 5.46. The van der Waals surface area contributed by atoms with Crippen LogP contribution in [-0.4, -0.2) is 23.8 Å². The molecule has 2 rings (SSSR count). The number of carbonyl (C=O) groups excluding carboxylic acids is 1. The highest BCUT2D eigenvalue weighted by Crippen LogP contribution is 2.25. The molecule has 0 fully saturated rings. The van der Waals surface area contributed by atoms with E-state index in [1.54, 1.807) is 24.3 Å². The predicted octanol–water partition coefficient (Wildman–Crippen LogP) is 3.50. The number of ether oxygens (including phenoxy) is 1. The zero-order chi connectivity index (χ0) is 17.7. The van der Waals surface area contributed by atoms with Crippen LogP contribution in [0.3, 0.4) is 0 Å². The Kier molecular flexibility index (Phi) is 5.82. The molecule has 2 aromatic carbocycles. The van der Waals surface area contributed by atoms with E-state index in [-0.39, 0.29) is 12.4 Å². The Morgan fingerprint density at radius 1 is 1.25 bits per heavy atom. The summed E-state index contributed by atoms with van der Waals surface area (Å²) in [5.74, 6) is 0.282. The van der Waals surface area contributed by atoms with E-state index in [9.17, 15) is 9.90 Å². The van der Waals surface area contributed by atoms with Gasteiger partial charge in [-0.15, -0.1) is 0 Å². The monoisotopic (exact) mass is 346 g/mol. The topological polar surface area (TPSA) is 70.9 Å². The number of rotatable bonds is 5. The lowest BCUT2D eigenvalue weighted by Crippen LogP contribution is -2.24. The van der Waals surface area contributed by atoms with Crippen molar-refractivity contribution in [3.8, 4) is 11.5 Å². The number of phenols is 1. The van der Waals surface area contributed by atoms with Gasteiger partial charge in [0.25, 0.3) is 5.91 Å². The summed E-state index contributed by atoms with van der Waals surface area (Å²) < 4.78 is 5.43. The molecule has 2 aromatic rings. The third-order valence-electron chi connectivity index (χ3n) is 3.36. The minimum atomic E-state index is -0.400. The van der Waals surface area contributed by atoms with Crippen molar-refractivity contribution in [2.24, 2.45) is 5.10 Å². The maximum Gasteiger partial charge on any atom is 0.277 e. The third kappa shape index (κ3) is 4.73. The summed E-state index contributed by atoms with van der Waals surface area (Å²) in [7, 11) is 0. The summed E-state index contributed by atoms with van der Waals surface area (Å²) in [5.41, 5.74) is 5.59. The Labute approximate surface area is 145 Å². The molecule has 0 saturated heterocycles. The van der Waals surface area contributed by atoms with Crippen LogP contribution in [0.4, 0.5) is 0 Å². The Bertz CT molecular complexity index is 765. The normalized spacial score (nSPS) is 10.8. The van der Waals surface area contributed by atoms with Crippen LogP contribution in [0, 0.1) is 20.8 Å². The number of hydrazone groups is 1. The average molecular weight is 347 g/mol. The van der Waals surface area contributed by atoms with E-state index in [1.165, 1.54) is 6.21 Å². The lowest BCUT2D eigenvalue weighted by atomic mass is 10.1.